The first-order valence-electron chi connectivity index (χ1n) is 8.50. The Morgan fingerprint density at radius 1 is 1.20 bits per heavy atom. The first-order valence-corrected chi connectivity index (χ1v) is 8.50. The zero-order valence-electron chi connectivity index (χ0n) is 13.1. The smallest absolute Gasteiger partial charge is 0.0546 e. The van der Waals surface area contributed by atoms with Crippen LogP contribution < -0.4 is 5.32 Å². The van der Waals surface area contributed by atoms with Crippen LogP contribution in [0.1, 0.15) is 32.1 Å². The van der Waals surface area contributed by atoms with Crippen molar-refractivity contribution in [2.24, 2.45) is 5.41 Å². The Labute approximate surface area is 123 Å². The molecule has 2 unspecified atom stereocenters. The molecule has 20 heavy (non-hydrogen) atoms. The average molecular weight is 281 g/mol. The van der Waals surface area contributed by atoms with E-state index in [9.17, 15) is 0 Å². The molecule has 3 saturated heterocycles. The first-order chi connectivity index (χ1) is 9.81. The van der Waals surface area contributed by atoms with Crippen molar-refractivity contribution < 1.29 is 4.74 Å². The predicted molar refractivity (Wildman–Crippen MR) is 82.1 cm³/mol. The van der Waals surface area contributed by atoms with Gasteiger partial charge in [0.1, 0.15) is 0 Å². The Morgan fingerprint density at radius 2 is 2.05 bits per heavy atom. The molecular formula is C16H31N3O. The van der Waals surface area contributed by atoms with E-state index in [1.807, 2.05) is 0 Å². The van der Waals surface area contributed by atoms with E-state index >= 15 is 0 Å². The van der Waals surface area contributed by atoms with Crippen LogP contribution in [-0.4, -0.2) is 75.4 Å². The van der Waals surface area contributed by atoms with E-state index in [4.69, 9.17) is 4.74 Å². The number of nitrogens with one attached hydrogen (secondary N) is 1. The standard InChI is InChI=1S/C16H31N3O/c1-17-12-16(6-4-10-20-14-16)13-18-9-5-15(11-18)19-7-2-3-8-19/h15,17H,2-14H2,1H3. The normalized spacial score (nSPS) is 36.8. The molecule has 0 aromatic rings. The van der Waals surface area contributed by atoms with Crippen LogP contribution in [0.25, 0.3) is 0 Å². The summed E-state index contributed by atoms with van der Waals surface area (Å²) < 4.78 is 5.80. The Morgan fingerprint density at radius 3 is 2.75 bits per heavy atom. The van der Waals surface area contributed by atoms with Gasteiger partial charge < -0.3 is 15.0 Å². The summed E-state index contributed by atoms with van der Waals surface area (Å²) in [5, 5.41) is 3.40. The van der Waals surface area contributed by atoms with E-state index in [1.54, 1.807) is 0 Å². The molecule has 0 bridgehead atoms. The highest BCUT2D eigenvalue weighted by atomic mass is 16.5. The third kappa shape index (κ3) is 3.35. The maximum Gasteiger partial charge on any atom is 0.0546 e. The van der Waals surface area contributed by atoms with Crippen LogP contribution in [0.3, 0.4) is 0 Å². The highest BCUT2D eigenvalue weighted by Gasteiger charge is 2.37. The van der Waals surface area contributed by atoms with Crippen molar-refractivity contribution in [3.05, 3.63) is 0 Å². The Balaban J connectivity index is 1.53. The van der Waals surface area contributed by atoms with Gasteiger partial charge in [0.05, 0.1) is 6.61 Å². The fourth-order valence-corrected chi connectivity index (χ4v) is 4.44. The molecule has 3 rings (SSSR count). The predicted octanol–water partition coefficient (Wildman–Crippen LogP) is 1.17. The highest BCUT2D eigenvalue weighted by Crippen LogP contribution is 2.31. The van der Waals surface area contributed by atoms with Gasteiger partial charge in [0, 0.05) is 37.7 Å². The molecule has 0 amide bonds. The van der Waals surface area contributed by atoms with E-state index < -0.39 is 0 Å². The summed E-state index contributed by atoms with van der Waals surface area (Å²) in [4.78, 5) is 5.43. The number of ether oxygens (including phenoxy) is 1. The molecule has 4 nitrogen and oxygen atoms in total. The fourth-order valence-electron chi connectivity index (χ4n) is 4.44. The van der Waals surface area contributed by atoms with E-state index in [0.29, 0.717) is 5.41 Å². The van der Waals surface area contributed by atoms with Crippen LogP contribution in [-0.2, 0) is 4.74 Å². The summed E-state index contributed by atoms with van der Waals surface area (Å²) in [6.07, 6.45) is 6.74. The van der Waals surface area contributed by atoms with Crippen LogP contribution in [0.2, 0.25) is 0 Å². The summed E-state index contributed by atoms with van der Waals surface area (Å²) >= 11 is 0. The minimum Gasteiger partial charge on any atom is -0.381 e. The molecule has 0 aliphatic carbocycles. The number of rotatable bonds is 5. The van der Waals surface area contributed by atoms with Crippen LogP contribution in [0.15, 0.2) is 0 Å². The lowest BCUT2D eigenvalue weighted by atomic mass is 9.82. The maximum absolute atomic E-state index is 5.80. The molecule has 0 aromatic heterocycles. The maximum atomic E-state index is 5.80. The van der Waals surface area contributed by atoms with Crippen LogP contribution in [0.4, 0.5) is 0 Å². The summed E-state index contributed by atoms with van der Waals surface area (Å²) in [6, 6.07) is 0.827. The molecule has 1 N–H and O–H groups in total. The van der Waals surface area contributed by atoms with Crippen molar-refractivity contribution in [2.45, 2.75) is 38.1 Å². The number of hydrogen-bond donors (Lipinski definition) is 1. The molecular weight excluding hydrogens is 250 g/mol. The molecule has 2 atom stereocenters. The Kier molecular flexibility index (Phi) is 4.97. The average Bonchev–Trinajstić information content (AvgIpc) is 3.10. The molecule has 3 fully saturated rings. The van der Waals surface area contributed by atoms with Crippen molar-refractivity contribution >= 4 is 0 Å². The third-order valence-electron chi connectivity index (χ3n) is 5.42. The van der Waals surface area contributed by atoms with Gasteiger partial charge in [0.15, 0.2) is 0 Å². The largest absolute Gasteiger partial charge is 0.381 e. The van der Waals surface area contributed by atoms with Gasteiger partial charge in [-0.15, -0.1) is 0 Å². The second kappa shape index (κ2) is 6.73. The molecule has 3 aliphatic heterocycles. The SMILES string of the molecule is CNCC1(CN2CCC(N3CCCC3)C2)CCCOC1. The molecule has 3 heterocycles. The molecule has 116 valence electrons. The monoisotopic (exact) mass is 281 g/mol. The van der Waals surface area contributed by atoms with Gasteiger partial charge in [-0.1, -0.05) is 0 Å². The van der Waals surface area contributed by atoms with E-state index in [2.05, 4.69) is 22.2 Å². The molecule has 0 spiro atoms. The summed E-state index contributed by atoms with van der Waals surface area (Å²) in [6.45, 7) is 9.46. The van der Waals surface area contributed by atoms with Crippen LogP contribution >= 0.6 is 0 Å². The van der Waals surface area contributed by atoms with E-state index in [-0.39, 0.29) is 0 Å². The van der Waals surface area contributed by atoms with Crippen molar-refractivity contribution in [1.29, 1.82) is 0 Å². The van der Waals surface area contributed by atoms with Crippen molar-refractivity contribution in [3.8, 4) is 0 Å². The summed E-state index contributed by atoms with van der Waals surface area (Å²) in [5.74, 6) is 0. The lowest BCUT2D eigenvalue weighted by Gasteiger charge is -2.40. The second-order valence-electron chi connectivity index (χ2n) is 7.11. The first kappa shape index (κ1) is 14.8. The van der Waals surface area contributed by atoms with Gasteiger partial charge >= 0.3 is 0 Å². The quantitative estimate of drug-likeness (QED) is 0.819. The van der Waals surface area contributed by atoms with Gasteiger partial charge in [-0.25, -0.2) is 0 Å². The molecule has 0 aromatic carbocycles. The minimum atomic E-state index is 0.354. The fraction of sp³-hybridized carbons (Fsp3) is 1.00. The number of hydrogen-bond acceptors (Lipinski definition) is 4. The van der Waals surface area contributed by atoms with Crippen molar-refractivity contribution in [2.75, 3.05) is 59.5 Å². The van der Waals surface area contributed by atoms with E-state index in [0.717, 1.165) is 25.8 Å². The van der Waals surface area contributed by atoms with Gasteiger partial charge in [0.25, 0.3) is 0 Å². The second-order valence-corrected chi connectivity index (χ2v) is 7.11. The highest BCUT2D eigenvalue weighted by molar-refractivity contribution is 4.92. The van der Waals surface area contributed by atoms with Gasteiger partial charge in [-0.2, -0.15) is 0 Å². The molecule has 0 radical (unpaired) electrons. The molecule has 4 heteroatoms. The van der Waals surface area contributed by atoms with Gasteiger partial charge in [-0.3, -0.25) is 4.90 Å². The zero-order chi connectivity index (χ0) is 13.8. The zero-order valence-corrected chi connectivity index (χ0v) is 13.1. The number of likely N-dealkylation sites (tertiary alicyclic amines) is 2. The summed E-state index contributed by atoms with van der Waals surface area (Å²) in [7, 11) is 2.08. The summed E-state index contributed by atoms with van der Waals surface area (Å²) in [5.41, 5.74) is 0.354. The third-order valence-corrected chi connectivity index (χ3v) is 5.42. The topological polar surface area (TPSA) is 27.7 Å². The van der Waals surface area contributed by atoms with Gasteiger partial charge in [0.2, 0.25) is 0 Å². The molecule has 0 saturated carbocycles. The van der Waals surface area contributed by atoms with E-state index in [1.165, 1.54) is 64.8 Å². The minimum absolute atomic E-state index is 0.354. The van der Waals surface area contributed by atoms with Gasteiger partial charge in [-0.05, 0) is 58.8 Å². The van der Waals surface area contributed by atoms with Crippen molar-refractivity contribution in [3.63, 3.8) is 0 Å². The van der Waals surface area contributed by atoms with Crippen molar-refractivity contribution in [1.82, 2.24) is 15.1 Å². The molecule has 3 aliphatic rings. The lowest BCUT2D eigenvalue weighted by Crippen LogP contribution is -2.48. The Hall–Kier alpha value is -0.160. The number of nitrogens with zero attached hydrogens (tertiary/aromatic N) is 2. The Bertz CT molecular complexity index is 293. The van der Waals surface area contributed by atoms with Crippen LogP contribution in [0.5, 0.6) is 0 Å². The van der Waals surface area contributed by atoms with Crippen LogP contribution in [0, 0.1) is 5.41 Å². The lowest BCUT2D eigenvalue weighted by molar-refractivity contribution is -0.0229.